The van der Waals surface area contributed by atoms with Crippen molar-refractivity contribution in [3.05, 3.63) is 47.7 Å². The van der Waals surface area contributed by atoms with Gasteiger partial charge in [0, 0.05) is 12.7 Å². The van der Waals surface area contributed by atoms with Crippen molar-refractivity contribution in [1.29, 1.82) is 0 Å². The summed E-state index contributed by atoms with van der Waals surface area (Å²) in [5.41, 5.74) is 2.41. The number of nitrogens with zero attached hydrogens (tertiary/aromatic N) is 1. The SMILES string of the molecule is CCNCc1cnc(Sc2ccccc2OC)c(C)c1. The second-order valence-electron chi connectivity index (χ2n) is 4.50. The van der Waals surface area contributed by atoms with Crippen molar-refractivity contribution in [1.82, 2.24) is 10.3 Å². The van der Waals surface area contributed by atoms with E-state index in [4.69, 9.17) is 4.74 Å². The van der Waals surface area contributed by atoms with Crippen LogP contribution in [-0.4, -0.2) is 18.6 Å². The van der Waals surface area contributed by atoms with Crippen LogP contribution in [0.15, 0.2) is 46.5 Å². The Hall–Kier alpha value is -1.52. The highest BCUT2D eigenvalue weighted by atomic mass is 32.2. The topological polar surface area (TPSA) is 34.2 Å². The summed E-state index contributed by atoms with van der Waals surface area (Å²) in [7, 11) is 1.69. The molecule has 0 aliphatic carbocycles. The number of aryl methyl sites for hydroxylation is 1. The molecule has 1 heterocycles. The first kappa shape index (κ1) is 14.9. The molecule has 0 fully saturated rings. The number of hydrogen-bond acceptors (Lipinski definition) is 4. The van der Waals surface area contributed by atoms with Gasteiger partial charge in [0.25, 0.3) is 0 Å². The summed E-state index contributed by atoms with van der Waals surface area (Å²) >= 11 is 1.64. The molecule has 1 aromatic heterocycles. The standard InChI is InChI=1S/C16H20N2OS/c1-4-17-10-13-9-12(2)16(18-11-13)20-15-8-6-5-7-14(15)19-3/h5-9,11,17H,4,10H2,1-3H3. The summed E-state index contributed by atoms with van der Waals surface area (Å²) in [6, 6.07) is 10.2. The monoisotopic (exact) mass is 288 g/mol. The van der Waals surface area contributed by atoms with Crippen LogP contribution in [0.1, 0.15) is 18.1 Å². The van der Waals surface area contributed by atoms with E-state index in [2.05, 4.69) is 36.3 Å². The number of pyridine rings is 1. The first-order valence-electron chi connectivity index (χ1n) is 6.71. The number of hydrogen-bond donors (Lipinski definition) is 1. The van der Waals surface area contributed by atoms with Gasteiger partial charge in [-0.3, -0.25) is 0 Å². The van der Waals surface area contributed by atoms with Crippen molar-refractivity contribution >= 4 is 11.8 Å². The van der Waals surface area contributed by atoms with E-state index in [1.807, 2.05) is 24.4 Å². The number of nitrogens with one attached hydrogen (secondary N) is 1. The second-order valence-corrected chi connectivity index (χ2v) is 5.53. The molecule has 4 heteroatoms. The van der Waals surface area contributed by atoms with Gasteiger partial charge in [-0.25, -0.2) is 4.98 Å². The van der Waals surface area contributed by atoms with Crippen molar-refractivity contribution < 1.29 is 4.74 Å². The van der Waals surface area contributed by atoms with E-state index < -0.39 is 0 Å². The van der Waals surface area contributed by atoms with Gasteiger partial charge in [0.1, 0.15) is 10.8 Å². The lowest BCUT2D eigenvalue weighted by atomic mass is 10.2. The molecular formula is C16H20N2OS. The Bertz CT molecular complexity index is 572. The Morgan fingerprint density at radius 1 is 1.30 bits per heavy atom. The molecule has 0 unspecified atom stereocenters. The van der Waals surface area contributed by atoms with Crippen molar-refractivity contribution in [3.63, 3.8) is 0 Å². The van der Waals surface area contributed by atoms with Gasteiger partial charge in [-0.05, 0) is 36.7 Å². The molecule has 0 saturated carbocycles. The van der Waals surface area contributed by atoms with Crippen LogP contribution in [0.2, 0.25) is 0 Å². The van der Waals surface area contributed by atoms with Crippen LogP contribution in [0, 0.1) is 6.92 Å². The number of ether oxygens (including phenoxy) is 1. The Morgan fingerprint density at radius 2 is 2.10 bits per heavy atom. The molecule has 1 N–H and O–H groups in total. The molecule has 0 bridgehead atoms. The van der Waals surface area contributed by atoms with E-state index in [1.54, 1.807) is 18.9 Å². The highest BCUT2D eigenvalue weighted by Crippen LogP contribution is 2.35. The quantitative estimate of drug-likeness (QED) is 0.879. The van der Waals surface area contributed by atoms with Crippen LogP contribution in [-0.2, 0) is 6.54 Å². The molecule has 20 heavy (non-hydrogen) atoms. The van der Waals surface area contributed by atoms with Gasteiger partial charge < -0.3 is 10.1 Å². The Balaban J connectivity index is 2.17. The predicted molar refractivity (Wildman–Crippen MR) is 83.5 cm³/mol. The van der Waals surface area contributed by atoms with Crippen molar-refractivity contribution in [2.24, 2.45) is 0 Å². The molecule has 1 aromatic carbocycles. The zero-order valence-electron chi connectivity index (χ0n) is 12.1. The van der Waals surface area contributed by atoms with Crippen molar-refractivity contribution in [2.75, 3.05) is 13.7 Å². The van der Waals surface area contributed by atoms with Crippen LogP contribution in [0.5, 0.6) is 5.75 Å². The van der Waals surface area contributed by atoms with Gasteiger partial charge in [-0.2, -0.15) is 0 Å². The Labute approximate surface area is 124 Å². The molecule has 0 spiro atoms. The van der Waals surface area contributed by atoms with Gasteiger partial charge in [-0.1, -0.05) is 36.9 Å². The van der Waals surface area contributed by atoms with E-state index in [0.29, 0.717) is 0 Å². The molecular weight excluding hydrogens is 268 g/mol. The largest absolute Gasteiger partial charge is 0.496 e. The zero-order chi connectivity index (χ0) is 14.4. The summed E-state index contributed by atoms with van der Waals surface area (Å²) in [5.74, 6) is 0.885. The minimum absolute atomic E-state index is 0.865. The van der Waals surface area contributed by atoms with E-state index in [1.165, 1.54) is 11.1 Å². The van der Waals surface area contributed by atoms with Gasteiger partial charge in [-0.15, -0.1) is 0 Å². The summed E-state index contributed by atoms with van der Waals surface area (Å²) in [4.78, 5) is 5.66. The molecule has 0 radical (unpaired) electrons. The number of aromatic nitrogens is 1. The maximum Gasteiger partial charge on any atom is 0.132 e. The molecule has 2 aromatic rings. The minimum Gasteiger partial charge on any atom is -0.496 e. The van der Waals surface area contributed by atoms with Gasteiger partial charge in [0.15, 0.2) is 0 Å². The summed E-state index contributed by atoms with van der Waals surface area (Å²) < 4.78 is 5.38. The second kappa shape index (κ2) is 7.31. The van der Waals surface area contributed by atoms with E-state index in [9.17, 15) is 0 Å². The normalized spacial score (nSPS) is 10.6. The first-order valence-corrected chi connectivity index (χ1v) is 7.53. The highest BCUT2D eigenvalue weighted by molar-refractivity contribution is 7.99. The zero-order valence-corrected chi connectivity index (χ0v) is 13.0. The lowest BCUT2D eigenvalue weighted by Crippen LogP contribution is -2.12. The van der Waals surface area contributed by atoms with Gasteiger partial charge >= 0.3 is 0 Å². The van der Waals surface area contributed by atoms with Crippen LogP contribution < -0.4 is 10.1 Å². The van der Waals surface area contributed by atoms with Gasteiger partial charge in [0.2, 0.25) is 0 Å². The van der Waals surface area contributed by atoms with Crippen LogP contribution in [0.4, 0.5) is 0 Å². The third kappa shape index (κ3) is 3.74. The Morgan fingerprint density at radius 3 is 2.80 bits per heavy atom. The molecule has 0 atom stereocenters. The molecule has 0 amide bonds. The summed E-state index contributed by atoms with van der Waals surface area (Å²) in [5, 5.41) is 4.34. The van der Waals surface area contributed by atoms with Crippen molar-refractivity contribution in [3.8, 4) is 5.75 Å². The molecule has 0 aliphatic heterocycles. The number of rotatable bonds is 6. The molecule has 3 nitrogen and oxygen atoms in total. The third-order valence-electron chi connectivity index (χ3n) is 2.94. The minimum atomic E-state index is 0.865. The fraction of sp³-hybridized carbons (Fsp3) is 0.312. The van der Waals surface area contributed by atoms with E-state index >= 15 is 0 Å². The summed E-state index contributed by atoms with van der Waals surface area (Å²) in [6.07, 6.45) is 1.94. The average molecular weight is 288 g/mol. The van der Waals surface area contributed by atoms with E-state index in [0.717, 1.165) is 28.8 Å². The molecule has 0 aliphatic rings. The molecule has 0 saturated heterocycles. The van der Waals surface area contributed by atoms with Crippen LogP contribution in [0.3, 0.4) is 0 Å². The smallest absolute Gasteiger partial charge is 0.132 e. The average Bonchev–Trinajstić information content (AvgIpc) is 2.48. The molecule has 2 rings (SSSR count). The molecule has 106 valence electrons. The van der Waals surface area contributed by atoms with Crippen LogP contribution >= 0.6 is 11.8 Å². The lowest BCUT2D eigenvalue weighted by Gasteiger charge is -2.10. The first-order chi connectivity index (χ1) is 9.74. The van der Waals surface area contributed by atoms with Crippen molar-refractivity contribution in [2.45, 2.75) is 30.3 Å². The lowest BCUT2D eigenvalue weighted by molar-refractivity contribution is 0.405. The van der Waals surface area contributed by atoms with E-state index in [-0.39, 0.29) is 0 Å². The number of benzene rings is 1. The Kier molecular flexibility index (Phi) is 5.44. The fourth-order valence-electron chi connectivity index (χ4n) is 1.90. The maximum atomic E-state index is 5.38. The third-order valence-corrected chi connectivity index (χ3v) is 4.12. The van der Waals surface area contributed by atoms with Crippen LogP contribution in [0.25, 0.3) is 0 Å². The summed E-state index contributed by atoms with van der Waals surface area (Å²) in [6.45, 7) is 6.03. The van der Waals surface area contributed by atoms with Gasteiger partial charge in [0.05, 0.1) is 12.0 Å². The predicted octanol–water partition coefficient (Wildman–Crippen LogP) is 3.66. The maximum absolute atomic E-state index is 5.38. The fourth-order valence-corrected chi connectivity index (χ4v) is 2.83. The highest BCUT2D eigenvalue weighted by Gasteiger charge is 2.08. The number of methoxy groups -OCH3 is 1. The number of para-hydroxylation sites is 1.